The SMILES string of the molecule is N#Cc1ccc(Nc2cnc(C(=O)Nc3cccc(Br)c3)cn2)cc1. The maximum Gasteiger partial charge on any atom is 0.275 e. The van der Waals surface area contributed by atoms with E-state index < -0.39 is 0 Å². The third-order valence-electron chi connectivity index (χ3n) is 3.25. The van der Waals surface area contributed by atoms with Gasteiger partial charge in [-0.3, -0.25) is 4.79 Å². The summed E-state index contributed by atoms with van der Waals surface area (Å²) in [5, 5.41) is 14.6. The number of nitrogens with one attached hydrogen (secondary N) is 2. The lowest BCUT2D eigenvalue weighted by Crippen LogP contribution is -2.14. The first-order chi connectivity index (χ1) is 12.1. The van der Waals surface area contributed by atoms with Gasteiger partial charge in [-0.25, -0.2) is 9.97 Å². The van der Waals surface area contributed by atoms with Crippen molar-refractivity contribution in [2.45, 2.75) is 0 Å². The quantitative estimate of drug-likeness (QED) is 0.695. The van der Waals surface area contributed by atoms with Crippen molar-refractivity contribution < 1.29 is 4.79 Å². The standard InChI is InChI=1S/C18H12BrN5O/c19-13-2-1-3-15(8-13)24-18(25)16-10-22-17(11-21-16)23-14-6-4-12(9-20)5-7-14/h1-8,10-11H,(H,22,23)(H,24,25). The Morgan fingerprint density at radius 3 is 2.48 bits per heavy atom. The lowest BCUT2D eigenvalue weighted by Gasteiger charge is -2.07. The zero-order valence-corrected chi connectivity index (χ0v) is 14.5. The molecule has 0 aliphatic rings. The lowest BCUT2D eigenvalue weighted by molar-refractivity contribution is 0.102. The van der Waals surface area contributed by atoms with E-state index in [1.807, 2.05) is 12.1 Å². The van der Waals surface area contributed by atoms with E-state index in [2.05, 4.69) is 42.6 Å². The van der Waals surface area contributed by atoms with Gasteiger partial charge in [0.05, 0.1) is 24.0 Å². The molecule has 0 saturated carbocycles. The van der Waals surface area contributed by atoms with Gasteiger partial charge >= 0.3 is 0 Å². The molecule has 7 heteroatoms. The number of hydrogen-bond acceptors (Lipinski definition) is 5. The third-order valence-corrected chi connectivity index (χ3v) is 3.75. The minimum absolute atomic E-state index is 0.213. The number of carbonyl (C=O) groups is 1. The summed E-state index contributed by atoms with van der Waals surface area (Å²) < 4.78 is 0.873. The summed E-state index contributed by atoms with van der Waals surface area (Å²) >= 11 is 3.35. The van der Waals surface area contributed by atoms with E-state index in [1.54, 1.807) is 36.4 Å². The molecule has 2 N–H and O–H groups in total. The van der Waals surface area contributed by atoms with Crippen LogP contribution in [0.25, 0.3) is 0 Å². The molecule has 0 atom stereocenters. The highest BCUT2D eigenvalue weighted by Gasteiger charge is 2.09. The second-order valence-electron chi connectivity index (χ2n) is 5.07. The van der Waals surface area contributed by atoms with E-state index in [0.29, 0.717) is 17.1 Å². The molecular weight excluding hydrogens is 382 g/mol. The van der Waals surface area contributed by atoms with Crippen LogP contribution in [0.3, 0.4) is 0 Å². The predicted molar refractivity (Wildman–Crippen MR) is 98.6 cm³/mol. The molecular formula is C18H12BrN5O. The summed E-state index contributed by atoms with van der Waals surface area (Å²) in [6.45, 7) is 0. The van der Waals surface area contributed by atoms with Gasteiger partial charge in [-0.05, 0) is 42.5 Å². The first kappa shape index (κ1) is 16.6. The molecule has 1 heterocycles. The molecule has 0 fully saturated rings. The van der Waals surface area contributed by atoms with Crippen molar-refractivity contribution in [1.29, 1.82) is 5.26 Å². The van der Waals surface area contributed by atoms with Crippen LogP contribution in [0.15, 0.2) is 65.4 Å². The Morgan fingerprint density at radius 1 is 1.04 bits per heavy atom. The number of halogens is 1. The molecule has 0 spiro atoms. The van der Waals surface area contributed by atoms with Crippen molar-refractivity contribution in [3.63, 3.8) is 0 Å². The van der Waals surface area contributed by atoms with E-state index in [9.17, 15) is 4.79 Å². The molecule has 0 aliphatic heterocycles. The maximum atomic E-state index is 12.2. The number of nitrogens with zero attached hydrogens (tertiary/aromatic N) is 3. The normalized spacial score (nSPS) is 9.92. The van der Waals surface area contributed by atoms with E-state index in [1.165, 1.54) is 12.4 Å². The van der Waals surface area contributed by atoms with E-state index in [-0.39, 0.29) is 11.6 Å². The summed E-state index contributed by atoms with van der Waals surface area (Å²) in [4.78, 5) is 20.5. The number of hydrogen-bond donors (Lipinski definition) is 2. The van der Waals surface area contributed by atoms with Crippen molar-refractivity contribution in [3.8, 4) is 6.07 Å². The third kappa shape index (κ3) is 4.40. The average molecular weight is 394 g/mol. The lowest BCUT2D eigenvalue weighted by atomic mass is 10.2. The van der Waals surface area contributed by atoms with Crippen LogP contribution in [0.4, 0.5) is 17.2 Å². The van der Waals surface area contributed by atoms with Gasteiger partial charge in [-0.15, -0.1) is 0 Å². The molecule has 6 nitrogen and oxygen atoms in total. The van der Waals surface area contributed by atoms with Gasteiger partial charge in [0.25, 0.3) is 5.91 Å². The first-order valence-electron chi connectivity index (χ1n) is 7.30. The Morgan fingerprint density at radius 2 is 1.84 bits per heavy atom. The summed E-state index contributed by atoms with van der Waals surface area (Å²) in [7, 11) is 0. The van der Waals surface area contributed by atoms with Gasteiger partial charge in [0.1, 0.15) is 11.5 Å². The molecule has 25 heavy (non-hydrogen) atoms. The Hall–Kier alpha value is -3.24. The molecule has 1 aromatic heterocycles. The molecule has 3 rings (SSSR count). The molecule has 0 radical (unpaired) electrons. The zero-order chi connectivity index (χ0) is 17.6. The number of benzene rings is 2. The van der Waals surface area contributed by atoms with Crippen molar-refractivity contribution in [2.24, 2.45) is 0 Å². The molecule has 0 unspecified atom stereocenters. The Kier molecular flexibility index (Phi) is 5.02. The molecule has 2 aromatic carbocycles. The highest BCUT2D eigenvalue weighted by molar-refractivity contribution is 9.10. The Labute approximate surface area is 152 Å². The number of anilines is 3. The Bertz CT molecular complexity index is 933. The first-order valence-corrected chi connectivity index (χ1v) is 8.09. The van der Waals surface area contributed by atoms with E-state index in [4.69, 9.17) is 5.26 Å². The van der Waals surface area contributed by atoms with Crippen molar-refractivity contribution in [1.82, 2.24) is 9.97 Å². The highest BCUT2D eigenvalue weighted by Crippen LogP contribution is 2.17. The summed E-state index contributed by atoms with van der Waals surface area (Å²) in [5.41, 5.74) is 2.24. The molecule has 122 valence electrons. The van der Waals surface area contributed by atoms with Crippen molar-refractivity contribution >= 4 is 39.0 Å². The number of rotatable bonds is 4. The van der Waals surface area contributed by atoms with Crippen LogP contribution in [-0.2, 0) is 0 Å². The van der Waals surface area contributed by atoms with Crippen LogP contribution in [0.5, 0.6) is 0 Å². The Balaban J connectivity index is 1.66. The van der Waals surface area contributed by atoms with Crippen LogP contribution in [0, 0.1) is 11.3 Å². The van der Waals surface area contributed by atoms with Crippen molar-refractivity contribution in [3.05, 3.63) is 76.7 Å². The molecule has 3 aromatic rings. The smallest absolute Gasteiger partial charge is 0.275 e. The van der Waals surface area contributed by atoms with Crippen LogP contribution >= 0.6 is 15.9 Å². The van der Waals surface area contributed by atoms with Gasteiger partial charge in [0.15, 0.2) is 0 Å². The number of carbonyl (C=O) groups excluding carboxylic acids is 1. The molecule has 0 aliphatic carbocycles. The topological polar surface area (TPSA) is 90.7 Å². The van der Waals surface area contributed by atoms with Gasteiger partial charge in [-0.2, -0.15) is 5.26 Å². The minimum atomic E-state index is -0.337. The second-order valence-corrected chi connectivity index (χ2v) is 5.98. The fourth-order valence-electron chi connectivity index (χ4n) is 2.05. The van der Waals surface area contributed by atoms with Gasteiger partial charge in [0.2, 0.25) is 0 Å². The summed E-state index contributed by atoms with van der Waals surface area (Å²) in [6.07, 6.45) is 2.88. The average Bonchev–Trinajstić information content (AvgIpc) is 2.63. The fraction of sp³-hybridized carbons (Fsp3) is 0. The van der Waals surface area contributed by atoms with Gasteiger partial charge < -0.3 is 10.6 Å². The summed E-state index contributed by atoms with van der Waals surface area (Å²) in [6, 6.07) is 16.3. The van der Waals surface area contributed by atoms with Crippen LogP contribution in [0.1, 0.15) is 16.1 Å². The molecule has 0 bridgehead atoms. The number of amides is 1. The number of aromatic nitrogens is 2. The highest BCUT2D eigenvalue weighted by atomic mass is 79.9. The largest absolute Gasteiger partial charge is 0.339 e. The molecule has 1 amide bonds. The second kappa shape index (κ2) is 7.55. The van der Waals surface area contributed by atoms with E-state index in [0.717, 1.165) is 10.2 Å². The fourth-order valence-corrected chi connectivity index (χ4v) is 2.45. The number of nitriles is 1. The van der Waals surface area contributed by atoms with Gasteiger partial charge in [0, 0.05) is 15.8 Å². The maximum absolute atomic E-state index is 12.2. The van der Waals surface area contributed by atoms with E-state index >= 15 is 0 Å². The minimum Gasteiger partial charge on any atom is -0.339 e. The van der Waals surface area contributed by atoms with Crippen LogP contribution in [0.2, 0.25) is 0 Å². The monoisotopic (exact) mass is 393 g/mol. The van der Waals surface area contributed by atoms with Crippen LogP contribution in [-0.4, -0.2) is 15.9 Å². The van der Waals surface area contributed by atoms with Crippen LogP contribution < -0.4 is 10.6 Å². The zero-order valence-electron chi connectivity index (χ0n) is 12.9. The van der Waals surface area contributed by atoms with Gasteiger partial charge in [-0.1, -0.05) is 22.0 Å². The predicted octanol–water partition coefficient (Wildman–Crippen LogP) is 4.11. The summed E-state index contributed by atoms with van der Waals surface area (Å²) in [5.74, 6) is 0.166. The van der Waals surface area contributed by atoms with Crippen molar-refractivity contribution in [2.75, 3.05) is 10.6 Å². The molecule has 0 saturated heterocycles.